The van der Waals surface area contributed by atoms with E-state index in [4.69, 9.17) is 0 Å². The third-order valence-corrected chi connectivity index (χ3v) is 2.86. The predicted molar refractivity (Wildman–Crippen MR) is 65.6 cm³/mol. The summed E-state index contributed by atoms with van der Waals surface area (Å²) >= 11 is 0. The van der Waals surface area contributed by atoms with Gasteiger partial charge in [0, 0.05) is 5.39 Å². The van der Waals surface area contributed by atoms with Gasteiger partial charge in [0.1, 0.15) is 6.10 Å². The summed E-state index contributed by atoms with van der Waals surface area (Å²) in [5, 5.41) is 30.5. The monoisotopic (exact) mass is 235 g/mol. The molecule has 0 bridgehead atoms. The summed E-state index contributed by atoms with van der Waals surface area (Å²) in [4.78, 5) is 0. The molecule has 2 rings (SSSR count). The average molecular weight is 235 g/mol. The van der Waals surface area contributed by atoms with Crippen LogP contribution in [-0.2, 0) is 0 Å². The first kappa shape index (κ1) is 12.0. The molecule has 0 radical (unpaired) electrons. The largest absolute Gasteiger partial charge is 0.390 e. The van der Waals surface area contributed by atoms with E-state index in [9.17, 15) is 10.2 Å². The molecule has 4 N–H and O–H groups in total. The van der Waals surface area contributed by atoms with Crippen LogP contribution in [0.15, 0.2) is 24.4 Å². The van der Waals surface area contributed by atoms with E-state index < -0.39 is 12.2 Å². The Morgan fingerprint density at radius 1 is 1.41 bits per heavy atom. The number of nitrogens with one attached hydrogen (secondary N) is 2. The van der Waals surface area contributed by atoms with E-state index in [0.717, 1.165) is 10.9 Å². The van der Waals surface area contributed by atoms with Crippen LogP contribution in [0.25, 0.3) is 10.9 Å². The first-order valence-electron chi connectivity index (χ1n) is 5.66. The summed E-state index contributed by atoms with van der Waals surface area (Å²) in [7, 11) is 1.82. The van der Waals surface area contributed by atoms with E-state index in [1.807, 2.05) is 19.2 Å². The first-order valence-corrected chi connectivity index (χ1v) is 5.66. The van der Waals surface area contributed by atoms with Gasteiger partial charge in [-0.15, -0.1) is 0 Å². The number of aliphatic hydroxyl groups excluding tert-OH is 2. The van der Waals surface area contributed by atoms with Crippen molar-refractivity contribution in [2.75, 3.05) is 13.6 Å². The van der Waals surface area contributed by atoms with Crippen LogP contribution in [0.1, 0.15) is 18.1 Å². The van der Waals surface area contributed by atoms with Crippen LogP contribution in [0, 0.1) is 0 Å². The molecule has 0 amide bonds. The maximum Gasteiger partial charge on any atom is 0.105 e. The van der Waals surface area contributed by atoms with Gasteiger partial charge in [-0.3, -0.25) is 5.10 Å². The zero-order chi connectivity index (χ0) is 12.3. The number of aliphatic hydroxyl groups is 2. The number of aromatic nitrogens is 2. The van der Waals surface area contributed by atoms with Crippen molar-refractivity contribution in [3.63, 3.8) is 0 Å². The van der Waals surface area contributed by atoms with Crippen LogP contribution in [-0.4, -0.2) is 40.1 Å². The second-order valence-corrected chi connectivity index (χ2v) is 4.12. The number of benzene rings is 1. The molecule has 2 atom stereocenters. The fourth-order valence-corrected chi connectivity index (χ4v) is 1.82. The van der Waals surface area contributed by atoms with Crippen LogP contribution in [0.2, 0.25) is 0 Å². The minimum atomic E-state index is -0.859. The molecule has 1 aromatic carbocycles. The Balaban J connectivity index is 2.14. The second kappa shape index (κ2) is 5.27. The van der Waals surface area contributed by atoms with E-state index in [-0.39, 0.29) is 0 Å². The van der Waals surface area contributed by atoms with Crippen LogP contribution in [0.4, 0.5) is 0 Å². The van der Waals surface area contributed by atoms with Crippen molar-refractivity contribution in [2.24, 2.45) is 0 Å². The number of hydrogen-bond acceptors (Lipinski definition) is 4. The van der Waals surface area contributed by atoms with Gasteiger partial charge in [0.15, 0.2) is 0 Å². The van der Waals surface area contributed by atoms with Gasteiger partial charge in [-0.2, -0.15) is 5.10 Å². The molecule has 0 saturated heterocycles. The van der Waals surface area contributed by atoms with Gasteiger partial charge >= 0.3 is 0 Å². The number of nitrogens with zero attached hydrogens (tertiary/aromatic N) is 1. The lowest BCUT2D eigenvalue weighted by atomic mass is 10.0. The predicted octanol–water partition coefficient (Wildman–Crippen LogP) is 0.567. The number of fused-ring (bicyclic) bond motifs is 1. The first-order chi connectivity index (χ1) is 8.22. The molecule has 17 heavy (non-hydrogen) atoms. The molecule has 0 fully saturated rings. The lowest BCUT2D eigenvalue weighted by molar-refractivity contribution is 0.0141. The Morgan fingerprint density at radius 3 is 3.00 bits per heavy atom. The van der Waals surface area contributed by atoms with Crippen molar-refractivity contribution in [1.29, 1.82) is 0 Å². The van der Waals surface area contributed by atoms with Gasteiger partial charge in [-0.1, -0.05) is 6.07 Å². The van der Waals surface area contributed by atoms with Crippen molar-refractivity contribution in [1.82, 2.24) is 15.5 Å². The summed E-state index contributed by atoms with van der Waals surface area (Å²) < 4.78 is 0. The third-order valence-electron chi connectivity index (χ3n) is 2.86. The van der Waals surface area contributed by atoms with Gasteiger partial charge in [-0.25, -0.2) is 0 Å². The van der Waals surface area contributed by atoms with Crippen molar-refractivity contribution in [3.8, 4) is 0 Å². The highest BCUT2D eigenvalue weighted by atomic mass is 16.3. The van der Waals surface area contributed by atoms with E-state index in [0.29, 0.717) is 18.5 Å². The normalized spacial score (nSPS) is 15.0. The molecular weight excluding hydrogens is 218 g/mol. The zero-order valence-electron chi connectivity index (χ0n) is 9.72. The van der Waals surface area contributed by atoms with Gasteiger partial charge in [-0.05, 0) is 37.7 Å². The summed E-state index contributed by atoms with van der Waals surface area (Å²) in [5.74, 6) is 0. The Hall–Kier alpha value is -1.43. The molecule has 92 valence electrons. The minimum Gasteiger partial charge on any atom is -0.390 e. The van der Waals surface area contributed by atoms with Gasteiger partial charge in [0.2, 0.25) is 0 Å². The maximum atomic E-state index is 10.0. The Morgan fingerprint density at radius 2 is 2.24 bits per heavy atom. The standard InChI is InChI=1S/C12H17N3O2/c1-13-5-4-11(16)12(17)8-2-3-10-9(6-8)7-14-15-10/h2-3,6-7,11-13,16-17H,4-5H2,1H3,(H,14,15). The Kier molecular flexibility index (Phi) is 3.73. The smallest absolute Gasteiger partial charge is 0.105 e. The van der Waals surface area contributed by atoms with Crippen LogP contribution >= 0.6 is 0 Å². The SMILES string of the molecule is CNCCC(O)C(O)c1ccc2[nH]ncc2c1. The molecule has 5 heteroatoms. The lowest BCUT2D eigenvalue weighted by Gasteiger charge is -2.18. The fraction of sp³-hybridized carbons (Fsp3) is 0.417. The van der Waals surface area contributed by atoms with E-state index >= 15 is 0 Å². The van der Waals surface area contributed by atoms with Crippen LogP contribution in [0.5, 0.6) is 0 Å². The summed E-state index contributed by atoms with van der Waals surface area (Å²) in [6.07, 6.45) is 0.599. The summed E-state index contributed by atoms with van der Waals surface area (Å²) in [6.45, 7) is 0.673. The molecule has 0 aliphatic heterocycles. The molecule has 2 aromatic rings. The van der Waals surface area contributed by atoms with Crippen molar-refractivity contribution >= 4 is 10.9 Å². The number of hydrogen-bond donors (Lipinski definition) is 4. The van der Waals surface area contributed by atoms with Gasteiger partial charge < -0.3 is 15.5 Å². The molecule has 0 saturated carbocycles. The maximum absolute atomic E-state index is 10.0. The molecule has 5 nitrogen and oxygen atoms in total. The third kappa shape index (κ3) is 2.63. The van der Waals surface area contributed by atoms with Crippen LogP contribution < -0.4 is 5.32 Å². The molecule has 1 aromatic heterocycles. The Labute approximate surface area is 99.5 Å². The van der Waals surface area contributed by atoms with Gasteiger partial charge in [0.25, 0.3) is 0 Å². The van der Waals surface area contributed by atoms with Crippen molar-refractivity contribution in [2.45, 2.75) is 18.6 Å². The van der Waals surface area contributed by atoms with E-state index in [1.165, 1.54) is 0 Å². The van der Waals surface area contributed by atoms with E-state index in [1.54, 1.807) is 12.3 Å². The fourth-order valence-electron chi connectivity index (χ4n) is 1.82. The van der Waals surface area contributed by atoms with E-state index in [2.05, 4.69) is 15.5 Å². The quantitative estimate of drug-likeness (QED) is 0.610. The topological polar surface area (TPSA) is 81.2 Å². The second-order valence-electron chi connectivity index (χ2n) is 4.12. The molecule has 0 aliphatic rings. The van der Waals surface area contributed by atoms with Crippen molar-refractivity contribution in [3.05, 3.63) is 30.0 Å². The highest BCUT2D eigenvalue weighted by Crippen LogP contribution is 2.22. The zero-order valence-corrected chi connectivity index (χ0v) is 9.72. The summed E-state index contributed by atoms with van der Waals surface area (Å²) in [5.41, 5.74) is 1.63. The molecule has 1 heterocycles. The lowest BCUT2D eigenvalue weighted by Crippen LogP contribution is -2.23. The Bertz CT molecular complexity index is 483. The molecule has 0 aliphatic carbocycles. The molecule has 2 unspecified atom stereocenters. The van der Waals surface area contributed by atoms with Crippen LogP contribution in [0.3, 0.4) is 0 Å². The minimum absolute atomic E-state index is 0.515. The van der Waals surface area contributed by atoms with Crippen molar-refractivity contribution < 1.29 is 10.2 Å². The number of aromatic amines is 1. The average Bonchev–Trinajstić information content (AvgIpc) is 2.81. The summed E-state index contributed by atoms with van der Waals surface area (Å²) in [6, 6.07) is 5.49. The molecular formula is C12H17N3O2. The number of rotatable bonds is 5. The highest BCUT2D eigenvalue weighted by molar-refractivity contribution is 5.78. The number of H-pyrrole nitrogens is 1. The molecule has 0 spiro atoms. The highest BCUT2D eigenvalue weighted by Gasteiger charge is 2.18. The van der Waals surface area contributed by atoms with Gasteiger partial charge in [0.05, 0.1) is 17.8 Å².